The molecule has 1 aromatic carbocycles. The molecule has 25 heavy (non-hydrogen) atoms. The van der Waals surface area contributed by atoms with E-state index < -0.39 is 0 Å². The van der Waals surface area contributed by atoms with E-state index in [1.54, 1.807) is 6.07 Å². The molecule has 3 aromatic rings. The highest BCUT2D eigenvalue weighted by molar-refractivity contribution is 7.13. The molecular weight excluding hydrogens is 334 g/mol. The molecule has 0 aliphatic heterocycles. The fourth-order valence-corrected chi connectivity index (χ4v) is 3.16. The molecule has 0 atom stereocenters. The highest BCUT2D eigenvalue weighted by Gasteiger charge is 2.12. The summed E-state index contributed by atoms with van der Waals surface area (Å²) in [7, 11) is 0. The maximum absolute atomic E-state index is 8.99. The maximum atomic E-state index is 8.99. The fraction of sp³-hybridized carbons (Fsp3) is 0.211. The third-order valence-electron chi connectivity index (χ3n) is 3.42. The van der Waals surface area contributed by atoms with Crippen LogP contribution in [0.1, 0.15) is 19.5 Å². The number of nitrogens with zero attached hydrogens (tertiary/aromatic N) is 3. The Bertz CT molecular complexity index is 915. The normalized spacial score (nSPS) is 10.3. The zero-order valence-electron chi connectivity index (χ0n) is 14.0. The molecule has 0 radical (unpaired) electrons. The third-order valence-corrected chi connectivity index (χ3v) is 4.31. The minimum atomic E-state index is 0.381. The van der Waals surface area contributed by atoms with E-state index in [-0.39, 0.29) is 0 Å². The van der Waals surface area contributed by atoms with Gasteiger partial charge in [0.2, 0.25) is 0 Å². The van der Waals surface area contributed by atoms with Crippen molar-refractivity contribution in [1.29, 1.82) is 5.26 Å². The minimum absolute atomic E-state index is 0.381. The standard InChI is InChI=1S/C19H17N3O2S/c1-3-23-17-9-8-13(10-18(17)24-4-2)19-22-16(12-25-19)15-7-5-6-14(11-20)21-15/h5-10,12H,3-4H2,1-2H3. The molecule has 5 nitrogen and oxygen atoms in total. The minimum Gasteiger partial charge on any atom is -0.490 e. The van der Waals surface area contributed by atoms with Crippen molar-refractivity contribution in [3.8, 4) is 39.5 Å². The predicted molar refractivity (Wildman–Crippen MR) is 97.8 cm³/mol. The lowest BCUT2D eigenvalue weighted by Gasteiger charge is -2.11. The van der Waals surface area contributed by atoms with E-state index in [1.165, 1.54) is 11.3 Å². The van der Waals surface area contributed by atoms with E-state index in [4.69, 9.17) is 14.7 Å². The molecule has 2 heterocycles. The van der Waals surface area contributed by atoms with Crippen LogP contribution in [0.15, 0.2) is 41.8 Å². The second-order valence-corrected chi connectivity index (χ2v) is 5.94. The van der Waals surface area contributed by atoms with E-state index in [1.807, 2.05) is 55.6 Å². The van der Waals surface area contributed by atoms with E-state index in [9.17, 15) is 0 Å². The summed E-state index contributed by atoms with van der Waals surface area (Å²) in [6, 6.07) is 13.2. The third kappa shape index (κ3) is 3.78. The summed E-state index contributed by atoms with van der Waals surface area (Å²) in [5, 5.41) is 11.8. The largest absolute Gasteiger partial charge is 0.490 e. The van der Waals surface area contributed by atoms with Crippen LogP contribution in [0, 0.1) is 11.3 Å². The van der Waals surface area contributed by atoms with Gasteiger partial charge in [-0.15, -0.1) is 11.3 Å². The molecule has 6 heteroatoms. The Hall–Kier alpha value is -2.91. The number of rotatable bonds is 6. The lowest BCUT2D eigenvalue weighted by molar-refractivity contribution is 0.288. The van der Waals surface area contributed by atoms with Crippen LogP contribution < -0.4 is 9.47 Å². The van der Waals surface area contributed by atoms with Crippen LogP contribution in [0.5, 0.6) is 11.5 Å². The molecule has 0 unspecified atom stereocenters. The van der Waals surface area contributed by atoms with Gasteiger partial charge in [-0.3, -0.25) is 0 Å². The van der Waals surface area contributed by atoms with Gasteiger partial charge >= 0.3 is 0 Å². The fourth-order valence-electron chi connectivity index (χ4n) is 2.35. The molecular formula is C19H17N3O2S. The van der Waals surface area contributed by atoms with Gasteiger partial charge in [0.25, 0.3) is 0 Å². The predicted octanol–water partition coefficient (Wildman–Crippen LogP) is 4.54. The molecule has 0 aliphatic carbocycles. The van der Waals surface area contributed by atoms with Crippen molar-refractivity contribution in [3.63, 3.8) is 0 Å². The van der Waals surface area contributed by atoms with Crippen molar-refractivity contribution in [1.82, 2.24) is 9.97 Å². The van der Waals surface area contributed by atoms with Crippen LogP contribution in [0.25, 0.3) is 22.0 Å². The van der Waals surface area contributed by atoms with Crippen molar-refractivity contribution in [3.05, 3.63) is 47.5 Å². The zero-order chi connectivity index (χ0) is 17.6. The number of thiazole rings is 1. The Morgan fingerprint density at radius 1 is 1.00 bits per heavy atom. The maximum Gasteiger partial charge on any atom is 0.161 e. The van der Waals surface area contributed by atoms with E-state index in [2.05, 4.69) is 9.97 Å². The van der Waals surface area contributed by atoms with Gasteiger partial charge in [0.1, 0.15) is 22.5 Å². The van der Waals surface area contributed by atoms with Crippen LogP contribution in [0.4, 0.5) is 0 Å². The van der Waals surface area contributed by atoms with Crippen LogP contribution in [-0.4, -0.2) is 23.2 Å². The number of hydrogen-bond acceptors (Lipinski definition) is 6. The highest BCUT2D eigenvalue weighted by atomic mass is 32.1. The Morgan fingerprint density at radius 2 is 1.80 bits per heavy atom. The quantitative estimate of drug-likeness (QED) is 0.652. The zero-order valence-corrected chi connectivity index (χ0v) is 14.8. The average molecular weight is 351 g/mol. The number of hydrogen-bond donors (Lipinski definition) is 0. The summed E-state index contributed by atoms with van der Waals surface area (Å²) in [5.74, 6) is 1.44. The monoisotopic (exact) mass is 351 g/mol. The first-order valence-corrected chi connectivity index (χ1v) is 8.86. The van der Waals surface area contributed by atoms with Gasteiger partial charge in [0.15, 0.2) is 11.5 Å². The summed E-state index contributed by atoms with van der Waals surface area (Å²) in [5.41, 5.74) is 2.79. The number of ether oxygens (including phenoxy) is 2. The van der Waals surface area contributed by atoms with Gasteiger partial charge in [0, 0.05) is 10.9 Å². The lowest BCUT2D eigenvalue weighted by atomic mass is 10.2. The van der Waals surface area contributed by atoms with Crippen LogP contribution >= 0.6 is 11.3 Å². The van der Waals surface area contributed by atoms with Crippen molar-refractivity contribution in [2.75, 3.05) is 13.2 Å². The lowest BCUT2D eigenvalue weighted by Crippen LogP contribution is -1.98. The molecule has 0 aliphatic rings. The second kappa shape index (κ2) is 7.77. The van der Waals surface area contributed by atoms with Crippen molar-refractivity contribution in [2.24, 2.45) is 0 Å². The number of benzene rings is 1. The Balaban J connectivity index is 1.94. The summed E-state index contributed by atoms with van der Waals surface area (Å²) < 4.78 is 11.3. The van der Waals surface area contributed by atoms with Crippen LogP contribution in [0.3, 0.4) is 0 Å². The molecule has 0 amide bonds. The molecule has 2 aromatic heterocycles. The first-order chi connectivity index (χ1) is 12.2. The number of pyridine rings is 1. The van der Waals surface area contributed by atoms with Crippen LogP contribution in [0.2, 0.25) is 0 Å². The van der Waals surface area contributed by atoms with Gasteiger partial charge in [0.05, 0.1) is 18.9 Å². The smallest absolute Gasteiger partial charge is 0.161 e. The summed E-state index contributed by atoms with van der Waals surface area (Å²) >= 11 is 1.53. The molecule has 0 spiro atoms. The molecule has 0 saturated heterocycles. The Kier molecular flexibility index (Phi) is 5.26. The van der Waals surface area contributed by atoms with E-state index >= 15 is 0 Å². The van der Waals surface area contributed by atoms with Crippen LogP contribution in [-0.2, 0) is 0 Å². The first-order valence-electron chi connectivity index (χ1n) is 7.98. The van der Waals surface area contributed by atoms with Gasteiger partial charge in [-0.1, -0.05) is 6.07 Å². The topological polar surface area (TPSA) is 68.0 Å². The Labute approximate surface area is 150 Å². The Morgan fingerprint density at radius 3 is 2.56 bits per heavy atom. The average Bonchev–Trinajstić information content (AvgIpc) is 3.14. The molecule has 3 rings (SSSR count). The van der Waals surface area contributed by atoms with Gasteiger partial charge < -0.3 is 9.47 Å². The highest BCUT2D eigenvalue weighted by Crippen LogP contribution is 2.35. The molecule has 0 bridgehead atoms. The van der Waals surface area contributed by atoms with Crippen molar-refractivity contribution >= 4 is 11.3 Å². The SMILES string of the molecule is CCOc1ccc(-c2nc(-c3cccc(C#N)n3)cs2)cc1OCC. The summed E-state index contributed by atoms with van der Waals surface area (Å²) in [6.45, 7) is 5.04. The van der Waals surface area contributed by atoms with E-state index in [0.29, 0.717) is 30.4 Å². The van der Waals surface area contributed by atoms with E-state index in [0.717, 1.165) is 22.0 Å². The summed E-state index contributed by atoms with van der Waals surface area (Å²) in [4.78, 5) is 8.95. The summed E-state index contributed by atoms with van der Waals surface area (Å²) in [6.07, 6.45) is 0. The molecule has 0 saturated carbocycles. The van der Waals surface area contributed by atoms with Crippen molar-refractivity contribution in [2.45, 2.75) is 13.8 Å². The molecule has 0 fully saturated rings. The second-order valence-electron chi connectivity index (χ2n) is 5.09. The van der Waals surface area contributed by atoms with Gasteiger partial charge in [-0.05, 0) is 44.2 Å². The molecule has 0 N–H and O–H groups in total. The number of nitriles is 1. The van der Waals surface area contributed by atoms with Gasteiger partial charge in [-0.25, -0.2) is 9.97 Å². The van der Waals surface area contributed by atoms with Gasteiger partial charge in [-0.2, -0.15) is 5.26 Å². The molecule has 126 valence electrons. The number of aromatic nitrogens is 2. The first kappa shape index (κ1) is 16.9. The van der Waals surface area contributed by atoms with Crippen molar-refractivity contribution < 1.29 is 9.47 Å².